The third-order valence-corrected chi connectivity index (χ3v) is 7.96. The fraction of sp³-hybridized carbons (Fsp3) is 0.269. The van der Waals surface area contributed by atoms with E-state index in [4.69, 9.17) is 14.5 Å². The number of aryl methyl sites for hydroxylation is 1. The van der Waals surface area contributed by atoms with Crippen molar-refractivity contribution in [3.8, 4) is 17.2 Å². The third-order valence-electron chi connectivity index (χ3n) is 6.11. The van der Waals surface area contributed by atoms with Crippen LogP contribution in [0.15, 0.2) is 71.7 Å². The van der Waals surface area contributed by atoms with E-state index < -0.39 is 10.0 Å². The summed E-state index contributed by atoms with van der Waals surface area (Å²) in [5.74, 6) is 2.88. The number of benzene rings is 3. The van der Waals surface area contributed by atoms with Crippen molar-refractivity contribution in [2.75, 3.05) is 33.3 Å². The summed E-state index contributed by atoms with van der Waals surface area (Å²) in [6.45, 7) is 3.88. The van der Waals surface area contributed by atoms with E-state index in [-0.39, 0.29) is 5.75 Å². The van der Waals surface area contributed by atoms with Crippen LogP contribution in [0.5, 0.6) is 17.2 Å². The maximum Gasteiger partial charge on any atom is 0.218 e. The molecule has 2 aliphatic heterocycles. The molecular weight excluding hydrogens is 450 g/mol. The van der Waals surface area contributed by atoms with Crippen LogP contribution in [0, 0.1) is 6.92 Å². The predicted molar refractivity (Wildman–Crippen MR) is 133 cm³/mol. The number of aliphatic imine (C=N–C) groups is 1. The topological polar surface area (TPSA) is 71.4 Å². The van der Waals surface area contributed by atoms with E-state index in [0.29, 0.717) is 43.4 Å². The minimum atomic E-state index is -3.40. The minimum Gasteiger partial charge on any atom is -0.497 e. The predicted octanol–water partition coefficient (Wildman–Crippen LogP) is 4.34. The van der Waals surface area contributed by atoms with Crippen molar-refractivity contribution < 1.29 is 17.9 Å². The number of piperazine rings is 1. The first kappa shape index (κ1) is 22.4. The number of ether oxygens (including phenoxy) is 2. The molecule has 3 aromatic carbocycles. The Morgan fingerprint density at radius 3 is 2.44 bits per heavy atom. The number of hydrogen-bond donors (Lipinski definition) is 0. The number of nitrogens with zero attached hydrogens (tertiary/aromatic N) is 3. The molecule has 0 N–H and O–H groups in total. The Labute approximate surface area is 200 Å². The molecule has 2 aliphatic rings. The van der Waals surface area contributed by atoms with Gasteiger partial charge in [-0.2, -0.15) is 4.31 Å². The molecule has 0 atom stereocenters. The molecule has 0 amide bonds. The van der Waals surface area contributed by atoms with E-state index >= 15 is 0 Å². The minimum absolute atomic E-state index is 0.00931. The quantitative estimate of drug-likeness (QED) is 0.559. The van der Waals surface area contributed by atoms with Gasteiger partial charge in [-0.1, -0.05) is 36.4 Å². The van der Waals surface area contributed by atoms with Crippen LogP contribution >= 0.6 is 0 Å². The summed E-state index contributed by atoms with van der Waals surface area (Å²) in [5.41, 5.74) is 3.46. The van der Waals surface area contributed by atoms with Gasteiger partial charge in [-0.25, -0.2) is 13.4 Å². The van der Waals surface area contributed by atoms with E-state index in [2.05, 4.69) is 4.90 Å². The van der Waals surface area contributed by atoms with Gasteiger partial charge < -0.3 is 14.4 Å². The molecule has 34 heavy (non-hydrogen) atoms. The van der Waals surface area contributed by atoms with Crippen LogP contribution in [0.25, 0.3) is 0 Å². The Balaban J connectivity index is 1.42. The average Bonchev–Trinajstić information content (AvgIpc) is 3.00. The summed E-state index contributed by atoms with van der Waals surface area (Å²) < 4.78 is 39.3. The smallest absolute Gasteiger partial charge is 0.218 e. The van der Waals surface area contributed by atoms with Gasteiger partial charge in [0.05, 0.1) is 18.4 Å². The Morgan fingerprint density at radius 1 is 0.941 bits per heavy atom. The molecule has 0 aliphatic carbocycles. The molecule has 0 aromatic heterocycles. The number of hydrogen-bond acceptors (Lipinski definition) is 6. The van der Waals surface area contributed by atoms with E-state index in [9.17, 15) is 8.42 Å². The van der Waals surface area contributed by atoms with Gasteiger partial charge in [0.2, 0.25) is 10.0 Å². The third kappa shape index (κ3) is 4.51. The van der Waals surface area contributed by atoms with Crippen molar-refractivity contribution in [2.24, 2.45) is 4.99 Å². The first-order chi connectivity index (χ1) is 16.4. The van der Waals surface area contributed by atoms with Gasteiger partial charge in [0.25, 0.3) is 0 Å². The second-order valence-electron chi connectivity index (χ2n) is 8.50. The zero-order chi connectivity index (χ0) is 23.7. The largest absolute Gasteiger partial charge is 0.497 e. The lowest BCUT2D eigenvalue weighted by Crippen LogP contribution is -2.51. The first-order valence-corrected chi connectivity index (χ1v) is 12.9. The monoisotopic (exact) mass is 477 g/mol. The summed E-state index contributed by atoms with van der Waals surface area (Å²) in [7, 11) is -1.77. The highest BCUT2D eigenvalue weighted by Gasteiger charge is 2.31. The number of fused-ring (bicyclic) bond motifs is 2. The van der Waals surface area contributed by atoms with Crippen LogP contribution in [0.2, 0.25) is 0 Å². The summed E-state index contributed by atoms with van der Waals surface area (Å²) in [4.78, 5) is 7.10. The number of sulfonamides is 1. The lowest BCUT2D eigenvalue weighted by Gasteiger charge is -2.36. The van der Waals surface area contributed by atoms with Crippen molar-refractivity contribution in [3.63, 3.8) is 0 Å². The van der Waals surface area contributed by atoms with E-state index in [0.717, 1.165) is 28.2 Å². The molecule has 3 aromatic rings. The normalized spacial score (nSPS) is 16.1. The molecular formula is C26H27N3O4S. The van der Waals surface area contributed by atoms with E-state index in [1.165, 1.54) is 0 Å². The lowest BCUT2D eigenvalue weighted by molar-refractivity contribution is 0.266. The van der Waals surface area contributed by atoms with Crippen molar-refractivity contribution >= 4 is 21.5 Å². The van der Waals surface area contributed by atoms with Gasteiger partial charge in [0.15, 0.2) is 5.75 Å². The average molecular weight is 478 g/mol. The van der Waals surface area contributed by atoms with Crippen molar-refractivity contribution in [3.05, 3.63) is 83.4 Å². The van der Waals surface area contributed by atoms with Crippen LogP contribution in [-0.2, 0) is 15.8 Å². The Kier molecular flexibility index (Phi) is 6.02. The van der Waals surface area contributed by atoms with Crippen LogP contribution in [0.4, 0.5) is 5.69 Å². The van der Waals surface area contributed by atoms with E-state index in [1.54, 1.807) is 11.4 Å². The lowest BCUT2D eigenvalue weighted by atomic mass is 10.1. The summed E-state index contributed by atoms with van der Waals surface area (Å²) in [6, 6.07) is 20.9. The second kappa shape index (κ2) is 9.12. The highest BCUT2D eigenvalue weighted by atomic mass is 32.2. The number of amidine groups is 1. The number of methoxy groups -OCH3 is 1. The molecule has 0 radical (unpaired) electrons. The maximum absolute atomic E-state index is 13.0. The first-order valence-electron chi connectivity index (χ1n) is 11.3. The van der Waals surface area contributed by atoms with Gasteiger partial charge in [-0.3, -0.25) is 0 Å². The molecule has 5 rings (SSSR count). The van der Waals surface area contributed by atoms with Crippen LogP contribution in [0.1, 0.15) is 16.7 Å². The Bertz CT molecular complexity index is 1330. The zero-order valence-electron chi connectivity index (χ0n) is 19.3. The van der Waals surface area contributed by atoms with Gasteiger partial charge in [0, 0.05) is 26.2 Å². The summed E-state index contributed by atoms with van der Waals surface area (Å²) in [6.07, 6.45) is 0. The van der Waals surface area contributed by atoms with Crippen molar-refractivity contribution in [1.82, 2.24) is 9.21 Å². The van der Waals surface area contributed by atoms with Gasteiger partial charge >= 0.3 is 0 Å². The number of rotatable bonds is 4. The molecule has 7 nitrogen and oxygen atoms in total. The molecule has 0 bridgehead atoms. The van der Waals surface area contributed by atoms with Crippen molar-refractivity contribution in [2.45, 2.75) is 12.7 Å². The van der Waals surface area contributed by atoms with Gasteiger partial charge in [-0.15, -0.1) is 0 Å². The molecule has 2 heterocycles. The summed E-state index contributed by atoms with van der Waals surface area (Å²) in [5, 5.41) is 0. The highest BCUT2D eigenvalue weighted by Crippen LogP contribution is 2.40. The molecule has 8 heteroatoms. The summed E-state index contributed by atoms with van der Waals surface area (Å²) >= 11 is 0. The molecule has 1 fully saturated rings. The Hall–Kier alpha value is -3.36. The molecule has 1 saturated heterocycles. The van der Waals surface area contributed by atoms with Crippen LogP contribution < -0.4 is 9.47 Å². The van der Waals surface area contributed by atoms with E-state index in [1.807, 2.05) is 73.7 Å². The highest BCUT2D eigenvalue weighted by molar-refractivity contribution is 7.88. The van der Waals surface area contributed by atoms with Gasteiger partial charge in [-0.05, 0) is 48.4 Å². The van der Waals surface area contributed by atoms with Crippen LogP contribution in [-0.4, -0.2) is 56.7 Å². The maximum atomic E-state index is 13.0. The van der Waals surface area contributed by atoms with Gasteiger partial charge in [0.1, 0.15) is 23.0 Å². The molecule has 0 spiro atoms. The Morgan fingerprint density at radius 2 is 1.71 bits per heavy atom. The standard InChI is InChI=1S/C26H27N3O4S/c1-19-8-10-23-25(16-19)33-24-11-9-21(32-2)17-22(24)26(27-23)28-12-14-29(15-13-28)34(30,31)18-20-6-4-3-5-7-20/h3-11,16-17H,12-15,18H2,1-2H3. The zero-order valence-corrected chi connectivity index (χ0v) is 20.1. The molecule has 0 unspecified atom stereocenters. The van der Waals surface area contributed by atoms with Crippen LogP contribution in [0.3, 0.4) is 0 Å². The fourth-order valence-corrected chi connectivity index (χ4v) is 5.80. The SMILES string of the molecule is COc1ccc2c(c1)C(N1CCN(S(=O)(=O)Cc3ccccc3)CC1)=Nc1ccc(C)cc1O2. The fourth-order valence-electron chi connectivity index (χ4n) is 4.28. The molecule has 0 saturated carbocycles. The second-order valence-corrected chi connectivity index (χ2v) is 10.5. The molecule has 176 valence electrons. The van der Waals surface area contributed by atoms with Crippen molar-refractivity contribution in [1.29, 1.82) is 0 Å².